The van der Waals surface area contributed by atoms with E-state index in [1.165, 1.54) is 5.56 Å². The van der Waals surface area contributed by atoms with Gasteiger partial charge in [-0.05, 0) is 48.9 Å². The van der Waals surface area contributed by atoms with E-state index in [9.17, 15) is 4.79 Å². The summed E-state index contributed by atoms with van der Waals surface area (Å²) in [6, 6.07) is 16.0. The molecule has 6 heteroatoms. The largest absolute Gasteiger partial charge is 0.466 e. The molecule has 0 saturated heterocycles. The second-order valence-corrected chi connectivity index (χ2v) is 9.37. The van der Waals surface area contributed by atoms with Crippen molar-refractivity contribution in [3.8, 4) is 23.1 Å². The van der Waals surface area contributed by atoms with Gasteiger partial charge in [0.15, 0.2) is 5.82 Å². The number of benzene rings is 2. The molecule has 0 aliphatic carbocycles. The molecule has 1 aromatic heterocycles. The summed E-state index contributed by atoms with van der Waals surface area (Å²) in [6.07, 6.45) is 1.52. The third-order valence-corrected chi connectivity index (χ3v) is 4.97. The fourth-order valence-electron chi connectivity index (χ4n) is 3.78. The molecular weight excluding hydrogens is 388 g/mol. The summed E-state index contributed by atoms with van der Waals surface area (Å²) in [7, 11) is 1.55. The van der Waals surface area contributed by atoms with Crippen LogP contribution in [-0.4, -0.2) is 27.8 Å². The number of methoxy groups -OCH3 is 1. The Morgan fingerprint density at radius 1 is 1.10 bits per heavy atom. The summed E-state index contributed by atoms with van der Waals surface area (Å²) in [5, 5.41) is 7.45. The van der Waals surface area contributed by atoms with E-state index in [1.54, 1.807) is 11.8 Å². The van der Waals surface area contributed by atoms with Gasteiger partial charge >= 0.3 is 6.01 Å². The van der Waals surface area contributed by atoms with Crippen molar-refractivity contribution in [1.29, 1.82) is 0 Å². The maximum atomic E-state index is 12.4. The molecule has 0 bridgehead atoms. The monoisotopic (exact) mass is 420 g/mol. The minimum absolute atomic E-state index is 0.0345. The Labute approximate surface area is 184 Å². The lowest BCUT2D eigenvalue weighted by atomic mass is 9.84. The molecule has 1 N–H and O–H groups in total. The zero-order valence-electron chi connectivity index (χ0n) is 19.3. The van der Waals surface area contributed by atoms with Crippen LogP contribution in [0.1, 0.15) is 46.1 Å². The number of anilines is 1. The van der Waals surface area contributed by atoms with E-state index in [1.807, 2.05) is 55.5 Å². The predicted octanol–water partition coefficient (Wildman–Crippen LogP) is 5.65. The minimum Gasteiger partial charge on any atom is -0.466 e. The Morgan fingerprint density at radius 3 is 2.32 bits per heavy atom. The lowest BCUT2D eigenvalue weighted by Crippen LogP contribution is -2.18. The fourth-order valence-corrected chi connectivity index (χ4v) is 3.78. The van der Waals surface area contributed by atoms with Crippen molar-refractivity contribution >= 4 is 11.6 Å². The first-order chi connectivity index (χ1) is 14.6. The number of nitrogens with zero attached hydrogens (tertiary/aromatic N) is 3. The van der Waals surface area contributed by atoms with Crippen molar-refractivity contribution in [2.24, 2.45) is 11.3 Å². The fraction of sp³-hybridized carbons (Fsp3) is 0.400. The molecule has 0 saturated carbocycles. The van der Waals surface area contributed by atoms with Crippen LogP contribution >= 0.6 is 0 Å². The number of nitrogens with one attached hydrogen (secondary N) is 1. The first-order valence-electron chi connectivity index (χ1n) is 10.6. The molecule has 0 radical (unpaired) electrons. The predicted molar refractivity (Wildman–Crippen MR) is 125 cm³/mol. The van der Waals surface area contributed by atoms with Crippen LogP contribution in [0.15, 0.2) is 48.5 Å². The van der Waals surface area contributed by atoms with Gasteiger partial charge in [-0.25, -0.2) is 4.68 Å². The van der Waals surface area contributed by atoms with Gasteiger partial charge in [0.1, 0.15) is 0 Å². The Balaban J connectivity index is 1.75. The van der Waals surface area contributed by atoms with Gasteiger partial charge in [0.25, 0.3) is 0 Å². The summed E-state index contributed by atoms with van der Waals surface area (Å²) in [5.41, 5.74) is 3.95. The van der Waals surface area contributed by atoms with E-state index < -0.39 is 0 Å². The maximum Gasteiger partial charge on any atom is 0.336 e. The van der Waals surface area contributed by atoms with Crippen LogP contribution in [0.3, 0.4) is 0 Å². The van der Waals surface area contributed by atoms with Crippen molar-refractivity contribution in [2.75, 3.05) is 12.4 Å². The normalized spacial score (nSPS) is 12.5. The second-order valence-electron chi connectivity index (χ2n) is 9.37. The van der Waals surface area contributed by atoms with Gasteiger partial charge in [-0.2, -0.15) is 4.98 Å². The average molecular weight is 421 g/mol. The Hall–Kier alpha value is -3.15. The number of carbonyl (C=O) groups excluding carboxylic acids is 1. The average Bonchev–Trinajstić information content (AvgIpc) is 3.12. The molecule has 31 heavy (non-hydrogen) atoms. The molecule has 0 fully saturated rings. The second kappa shape index (κ2) is 9.33. The van der Waals surface area contributed by atoms with Gasteiger partial charge in [-0.15, -0.1) is 5.10 Å². The number of ether oxygens (including phenoxy) is 1. The molecule has 6 nitrogen and oxygen atoms in total. The van der Waals surface area contributed by atoms with Gasteiger partial charge in [0.2, 0.25) is 5.91 Å². The van der Waals surface area contributed by atoms with Crippen molar-refractivity contribution in [1.82, 2.24) is 14.8 Å². The first-order valence-corrected chi connectivity index (χ1v) is 10.6. The van der Waals surface area contributed by atoms with E-state index in [2.05, 4.69) is 43.1 Å². The van der Waals surface area contributed by atoms with Crippen LogP contribution in [0.25, 0.3) is 17.1 Å². The van der Waals surface area contributed by atoms with Crippen LogP contribution < -0.4 is 10.1 Å². The SMILES string of the molecule is COc1nc(-c2ccc(C)cc2)n(-c2ccc(NC(=O)C[C@@H](C)CC(C)(C)C)cc2)n1. The van der Waals surface area contributed by atoms with Gasteiger partial charge in [0.05, 0.1) is 12.8 Å². The summed E-state index contributed by atoms with van der Waals surface area (Å²) in [6.45, 7) is 10.8. The Kier molecular flexibility index (Phi) is 6.78. The quantitative estimate of drug-likeness (QED) is 0.536. The molecule has 0 unspecified atom stereocenters. The van der Waals surface area contributed by atoms with E-state index >= 15 is 0 Å². The van der Waals surface area contributed by atoms with Crippen LogP contribution in [0.5, 0.6) is 6.01 Å². The molecule has 2 aromatic carbocycles. The Bertz CT molecular complexity index is 1020. The minimum atomic E-state index is 0.0345. The maximum absolute atomic E-state index is 12.4. The van der Waals surface area contributed by atoms with Gasteiger partial charge in [-0.3, -0.25) is 4.79 Å². The summed E-state index contributed by atoms with van der Waals surface area (Å²) >= 11 is 0. The van der Waals surface area contributed by atoms with Gasteiger partial charge in [0, 0.05) is 17.7 Å². The van der Waals surface area contributed by atoms with Gasteiger partial charge < -0.3 is 10.1 Å². The molecule has 3 aromatic rings. The molecule has 0 aliphatic rings. The smallest absolute Gasteiger partial charge is 0.336 e. The molecule has 1 atom stereocenters. The van der Waals surface area contributed by atoms with E-state index in [0.29, 0.717) is 24.2 Å². The Morgan fingerprint density at radius 2 is 1.74 bits per heavy atom. The number of aryl methyl sites for hydroxylation is 1. The highest BCUT2D eigenvalue weighted by molar-refractivity contribution is 5.90. The van der Waals surface area contributed by atoms with E-state index in [4.69, 9.17) is 4.74 Å². The van der Waals surface area contributed by atoms with Crippen molar-refractivity contribution in [3.05, 3.63) is 54.1 Å². The highest BCUT2D eigenvalue weighted by Crippen LogP contribution is 2.27. The molecule has 1 amide bonds. The standard InChI is InChI=1S/C25H32N4O2/c1-17-7-9-19(10-8-17)23-27-24(31-6)28-29(23)21-13-11-20(12-14-21)26-22(30)15-18(2)16-25(3,4)5/h7-14,18H,15-16H2,1-6H3,(H,26,30)/t18-/m1/s1. The highest BCUT2D eigenvalue weighted by Gasteiger charge is 2.18. The number of amides is 1. The van der Waals surface area contributed by atoms with Crippen LogP contribution in [0, 0.1) is 18.3 Å². The van der Waals surface area contributed by atoms with Crippen molar-refractivity contribution in [2.45, 2.75) is 47.5 Å². The molecule has 0 aliphatic heterocycles. The summed E-state index contributed by atoms with van der Waals surface area (Å²) in [4.78, 5) is 16.9. The lowest BCUT2D eigenvalue weighted by molar-refractivity contribution is -0.117. The van der Waals surface area contributed by atoms with Crippen LogP contribution in [0.4, 0.5) is 5.69 Å². The zero-order valence-corrected chi connectivity index (χ0v) is 19.3. The number of carbonyl (C=O) groups is 1. The van der Waals surface area contributed by atoms with Gasteiger partial charge in [-0.1, -0.05) is 57.5 Å². The highest BCUT2D eigenvalue weighted by atomic mass is 16.5. The van der Waals surface area contributed by atoms with Crippen LogP contribution in [0.2, 0.25) is 0 Å². The molecule has 164 valence electrons. The molecule has 3 rings (SSSR count). The first kappa shape index (κ1) is 22.5. The molecule has 0 spiro atoms. The van der Waals surface area contributed by atoms with Crippen molar-refractivity contribution in [3.63, 3.8) is 0 Å². The molecule has 1 heterocycles. The summed E-state index contributed by atoms with van der Waals surface area (Å²) in [5.74, 6) is 1.07. The lowest BCUT2D eigenvalue weighted by Gasteiger charge is -2.22. The number of rotatable bonds is 7. The van der Waals surface area contributed by atoms with Crippen molar-refractivity contribution < 1.29 is 9.53 Å². The number of hydrogen-bond acceptors (Lipinski definition) is 4. The number of aromatic nitrogens is 3. The third-order valence-electron chi connectivity index (χ3n) is 4.97. The molecular formula is C25H32N4O2. The summed E-state index contributed by atoms with van der Waals surface area (Å²) < 4.78 is 7.00. The van der Waals surface area contributed by atoms with Crippen LogP contribution in [-0.2, 0) is 4.79 Å². The number of hydrogen-bond donors (Lipinski definition) is 1. The van der Waals surface area contributed by atoms with E-state index in [0.717, 1.165) is 23.4 Å². The topological polar surface area (TPSA) is 69.0 Å². The van der Waals surface area contributed by atoms with E-state index in [-0.39, 0.29) is 11.3 Å². The zero-order chi connectivity index (χ0) is 22.6. The third kappa shape index (κ3) is 6.17.